The summed E-state index contributed by atoms with van der Waals surface area (Å²) in [5.41, 5.74) is 1.21. The second-order valence-electron chi connectivity index (χ2n) is 7.17. The number of nitrogens with zero attached hydrogens (tertiary/aromatic N) is 2. The molecule has 0 spiro atoms. The summed E-state index contributed by atoms with van der Waals surface area (Å²) in [5.74, 6) is 1.01. The van der Waals surface area contributed by atoms with E-state index in [-0.39, 0.29) is 17.6 Å². The molecule has 0 unspecified atom stereocenters. The van der Waals surface area contributed by atoms with Gasteiger partial charge in [0.1, 0.15) is 11.6 Å². The maximum Gasteiger partial charge on any atom is 0.232 e. The standard InChI is InChI=1S/C19H24FN3O/c1-13-11-21-17(22-13)14-5-4-10-23(12-14)18(24)19(2,3)15-6-8-16(20)9-7-15/h6-9,11,14H,4-5,10,12H2,1-3H3,(H,21,22)/t14-/m0/s1. The zero-order valence-electron chi connectivity index (χ0n) is 14.5. The van der Waals surface area contributed by atoms with Crippen molar-refractivity contribution < 1.29 is 9.18 Å². The van der Waals surface area contributed by atoms with Gasteiger partial charge in [-0.1, -0.05) is 12.1 Å². The number of H-pyrrole nitrogens is 1. The van der Waals surface area contributed by atoms with E-state index in [0.29, 0.717) is 6.54 Å². The molecule has 3 rings (SSSR count). The molecule has 1 aliphatic rings. The van der Waals surface area contributed by atoms with E-state index in [1.807, 2.05) is 31.9 Å². The highest BCUT2D eigenvalue weighted by Crippen LogP contribution is 2.31. The van der Waals surface area contributed by atoms with Gasteiger partial charge in [-0.3, -0.25) is 4.79 Å². The van der Waals surface area contributed by atoms with Gasteiger partial charge in [-0.15, -0.1) is 0 Å². The lowest BCUT2D eigenvalue weighted by Gasteiger charge is -2.37. The number of piperidine rings is 1. The van der Waals surface area contributed by atoms with E-state index in [0.717, 1.165) is 36.5 Å². The normalized spacial score (nSPS) is 18.7. The Balaban J connectivity index is 1.77. The van der Waals surface area contributed by atoms with Crippen LogP contribution in [0.25, 0.3) is 0 Å². The fraction of sp³-hybridized carbons (Fsp3) is 0.474. The van der Waals surface area contributed by atoms with Crippen molar-refractivity contribution >= 4 is 5.91 Å². The molecule has 5 heteroatoms. The molecule has 1 N–H and O–H groups in total. The van der Waals surface area contributed by atoms with E-state index >= 15 is 0 Å². The molecule has 1 amide bonds. The first-order valence-corrected chi connectivity index (χ1v) is 8.45. The Labute approximate surface area is 142 Å². The Morgan fingerprint density at radius 3 is 2.67 bits per heavy atom. The second kappa shape index (κ2) is 6.38. The Bertz CT molecular complexity index is 720. The number of rotatable bonds is 3. The Morgan fingerprint density at radius 1 is 1.33 bits per heavy atom. The number of aromatic amines is 1. The lowest BCUT2D eigenvalue weighted by atomic mass is 9.82. The van der Waals surface area contributed by atoms with Gasteiger partial charge in [-0.05, 0) is 51.3 Å². The highest BCUT2D eigenvalue weighted by atomic mass is 19.1. The van der Waals surface area contributed by atoms with Crippen LogP contribution < -0.4 is 0 Å². The van der Waals surface area contributed by atoms with Gasteiger partial charge < -0.3 is 9.88 Å². The molecule has 128 valence electrons. The highest BCUT2D eigenvalue weighted by molar-refractivity contribution is 5.87. The molecular formula is C19H24FN3O. The van der Waals surface area contributed by atoms with Crippen LogP contribution in [0.2, 0.25) is 0 Å². The van der Waals surface area contributed by atoms with Crippen molar-refractivity contribution in [3.05, 3.63) is 53.4 Å². The summed E-state index contributed by atoms with van der Waals surface area (Å²) in [6.45, 7) is 7.24. The third kappa shape index (κ3) is 3.21. The molecule has 1 aliphatic heterocycles. The minimum atomic E-state index is -0.672. The average molecular weight is 329 g/mol. The van der Waals surface area contributed by atoms with Gasteiger partial charge in [0.2, 0.25) is 5.91 Å². The number of amides is 1. The molecular weight excluding hydrogens is 305 g/mol. The van der Waals surface area contributed by atoms with Crippen molar-refractivity contribution in [1.29, 1.82) is 0 Å². The second-order valence-corrected chi connectivity index (χ2v) is 7.17. The van der Waals surface area contributed by atoms with E-state index in [9.17, 15) is 9.18 Å². The van der Waals surface area contributed by atoms with Gasteiger partial charge >= 0.3 is 0 Å². The van der Waals surface area contributed by atoms with Crippen LogP contribution in [0.3, 0.4) is 0 Å². The van der Waals surface area contributed by atoms with Crippen LogP contribution in [-0.2, 0) is 10.2 Å². The molecule has 1 atom stereocenters. The molecule has 0 saturated carbocycles. The third-order valence-corrected chi connectivity index (χ3v) is 4.92. The molecule has 2 heterocycles. The van der Waals surface area contributed by atoms with Gasteiger partial charge in [0.15, 0.2) is 0 Å². The summed E-state index contributed by atoms with van der Waals surface area (Å²) < 4.78 is 13.2. The number of carbonyl (C=O) groups is 1. The molecule has 24 heavy (non-hydrogen) atoms. The third-order valence-electron chi connectivity index (χ3n) is 4.92. The Kier molecular flexibility index (Phi) is 4.43. The fourth-order valence-electron chi connectivity index (χ4n) is 3.41. The van der Waals surface area contributed by atoms with Crippen molar-refractivity contribution in [3.63, 3.8) is 0 Å². The predicted octanol–water partition coefficient (Wildman–Crippen LogP) is 3.54. The quantitative estimate of drug-likeness (QED) is 0.936. The van der Waals surface area contributed by atoms with Crippen LogP contribution in [0.4, 0.5) is 4.39 Å². The maximum absolute atomic E-state index is 13.2. The van der Waals surface area contributed by atoms with Crippen molar-refractivity contribution in [1.82, 2.24) is 14.9 Å². The number of carbonyl (C=O) groups excluding carboxylic acids is 1. The maximum atomic E-state index is 13.2. The molecule has 2 aromatic rings. The van der Waals surface area contributed by atoms with Crippen molar-refractivity contribution in [3.8, 4) is 0 Å². The molecule has 0 radical (unpaired) electrons. The van der Waals surface area contributed by atoms with Crippen LogP contribution in [-0.4, -0.2) is 33.9 Å². The lowest BCUT2D eigenvalue weighted by Crippen LogP contribution is -2.47. The highest BCUT2D eigenvalue weighted by Gasteiger charge is 2.36. The topological polar surface area (TPSA) is 49.0 Å². The molecule has 1 aromatic carbocycles. The fourth-order valence-corrected chi connectivity index (χ4v) is 3.41. The number of imidazole rings is 1. The van der Waals surface area contributed by atoms with Gasteiger partial charge in [0, 0.05) is 30.9 Å². The number of hydrogen-bond acceptors (Lipinski definition) is 2. The van der Waals surface area contributed by atoms with Gasteiger partial charge in [0.25, 0.3) is 0 Å². The van der Waals surface area contributed by atoms with Crippen LogP contribution in [0.15, 0.2) is 30.5 Å². The summed E-state index contributed by atoms with van der Waals surface area (Å²) in [4.78, 5) is 22.7. The summed E-state index contributed by atoms with van der Waals surface area (Å²) in [5, 5.41) is 0. The molecule has 1 aromatic heterocycles. The SMILES string of the molecule is Cc1cnc([C@H]2CCCN(C(=O)C(C)(C)c3ccc(F)cc3)C2)[nH]1. The minimum Gasteiger partial charge on any atom is -0.346 e. The predicted molar refractivity (Wildman–Crippen MR) is 91.3 cm³/mol. The van der Waals surface area contributed by atoms with E-state index in [1.54, 1.807) is 12.1 Å². The Hall–Kier alpha value is -2.17. The van der Waals surface area contributed by atoms with Crippen molar-refractivity contribution in [2.24, 2.45) is 0 Å². The number of halogens is 1. The number of aromatic nitrogens is 2. The number of likely N-dealkylation sites (tertiary alicyclic amines) is 1. The largest absolute Gasteiger partial charge is 0.346 e. The van der Waals surface area contributed by atoms with Gasteiger partial charge in [-0.25, -0.2) is 9.37 Å². The lowest BCUT2D eigenvalue weighted by molar-refractivity contribution is -0.137. The summed E-state index contributed by atoms with van der Waals surface area (Å²) in [6, 6.07) is 6.22. The molecule has 0 aliphatic carbocycles. The van der Waals surface area contributed by atoms with E-state index in [1.165, 1.54) is 12.1 Å². The molecule has 0 bridgehead atoms. The van der Waals surface area contributed by atoms with Gasteiger partial charge in [0.05, 0.1) is 5.41 Å². The number of hydrogen-bond donors (Lipinski definition) is 1. The van der Waals surface area contributed by atoms with Crippen LogP contribution in [0.5, 0.6) is 0 Å². The molecule has 4 nitrogen and oxygen atoms in total. The summed E-state index contributed by atoms with van der Waals surface area (Å²) in [7, 11) is 0. The Morgan fingerprint density at radius 2 is 2.04 bits per heavy atom. The van der Waals surface area contributed by atoms with Crippen LogP contribution in [0, 0.1) is 12.7 Å². The monoisotopic (exact) mass is 329 g/mol. The number of aryl methyl sites for hydroxylation is 1. The van der Waals surface area contributed by atoms with Crippen LogP contribution in [0.1, 0.15) is 49.7 Å². The van der Waals surface area contributed by atoms with Crippen molar-refractivity contribution in [2.45, 2.75) is 44.9 Å². The number of benzene rings is 1. The minimum absolute atomic E-state index is 0.0853. The van der Waals surface area contributed by atoms with Gasteiger partial charge in [-0.2, -0.15) is 0 Å². The molecule has 1 fully saturated rings. The first-order valence-electron chi connectivity index (χ1n) is 8.45. The van der Waals surface area contributed by atoms with E-state index in [4.69, 9.17) is 0 Å². The summed E-state index contributed by atoms with van der Waals surface area (Å²) in [6.07, 6.45) is 3.84. The molecule has 1 saturated heterocycles. The summed E-state index contributed by atoms with van der Waals surface area (Å²) >= 11 is 0. The zero-order valence-corrected chi connectivity index (χ0v) is 14.5. The average Bonchev–Trinajstić information content (AvgIpc) is 3.01. The first-order chi connectivity index (χ1) is 11.4. The van der Waals surface area contributed by atoms with Crippen LogP contribution >= 0.6 is 0 Å². The first kappa shape index (κ1) is 16.7. The van der Waals surface area contributed by atoms with E-state index < -0.39 is 5.41 Å². The number of nitrogens with one attached hydrogen (secondary N) is 1. The zero-order chi connectivity index (χ0) is 17.3. The van der Waals surface area contributed by atoms with E-state index in [2.05, 4.69) is 9.97 Å². The smallest absolute Gasteiger partial charge is 0.232 e. The van der Waals surface area contributed by atoms with Crippen molar-refractivity contribution in [2.75, 3.05) is 13.1 Å².